The van der Waals surface area contributed by atoms with Crippen LogP contribution in [-0.4, -0.2) is 4.90 Å². The highest BCUT2D eigenvalue weighted by Crippen LogP contribution is 2.36. The Morgan fingerprint density at radius 1 is 0.659 bits per heavy atom. The molecule has 210 valence electrons. The summed E-state index contributed by atoms with van der Waals surface area (Å²) in [6.07, 6.45) is 4.01. The van der Waals surface area contributed by atoms with E-state index in [2.05, 4.69) is 143 Å². The van der Waals surface area contributed by atoms with Crippen molar-refractivity contribution in [2.24, 2.45) is 0 Å². The SMILES string of the molecule is C=C/C(C)=C(\C)N(C(=C)c1ccc(-c2cccc3c2ccc2cc4ccccc4cc23)cc1)/C(C)=C/C.CC.CC. The molecule has 1 heteroatoms. The third-order valence-corrected chi connectivity index (χ3v) is 7.53. The summed E-state index contributed by atoms with van der Waals surface area (Å²) in [6, 6.07) is 33.1. The van der Waals surface area contributed by atoms with Gasteiger partial charge in [-0.3, -0.25) is 0 Å². The standard InChI is InChI=1S/C36H33N.2C2H6/c1-7-24(3)26(5)37(25(4)8-2)27(6)28-16-18-29(19-17-28)33-14-11-15-34-35(33)21-20-32-22-30-12-9-10-13-31(30)23-36(32)34;2*1-2/h7-23H,1,6H2,2-5H3;2*1-2H3/b25-8+,26-24+;;. The molecule has 0 aliphatic rings. The molecule has 0 aliphatic carbocycles. The molecule has 0 bridgehead atoms. The Morgan fingerprint density at radius 2 is 1.29 bits per heavy atom. The first-order chi connectivity index (χ1) is 19.9. The summed E-state index contributed by atoms with van der Waals surface area (Å²) in [5, 5.41) is 7.66. The van der Waals surface area contributed by atoms with Crippen molar-refractivity contribution in [1.29, 1.82) is 0 Å². The average molecular weight is 540 g/mol. The highest BCUT2D eigenvalue weighted by atomic mass is 15.2. The molecule has 5 rings (SSSR count). The smallest absolute Gasteiger partial charge is 0.0455 e. The van der Waals surface area contributed by atoms with Crippen molar-refractivity contribution in [2.45, 2.75) is 55.4 Å². The molecule has 0 N–H and O–H groups in total. The minimum atomic E-state index is 0.955. The fraction of sp³-hybridized carbons (Fsp3) is 0.200. The molecule has 0 aromatic heterocycles. The van der Waals surface area contributed by atoms with Crippen LogP contribution < -0.4 is 0 Å². The summed E-state index contributed by atoms with van der Waals surface area (Å²) in [5.41, 5.74) is 7.90. The van der Waals surface area contributed by atoms with Crippen LogP contribution in [0.2, 0.25) is 0 Å². The molecule has 0 amide bonds. The van der Waals surface area contributed by atoms with E-state index in [1.54, 1.807) is 0 Å². The highest BCUT2D eigenvalue weighted by molar-refractivity contribution is 6.15. The lowest BCUT2D eigenvalue weighted by Gasteiger charge is -2.29. The second kappa shape index (κ2) is 14.3. The third kappa shape index (κ3) is 6.36. The van der Waals surface area contributed by atoms with E-state index in [1.807, 2.05) is 33.8 Å². The number of nitrogens with zero attached hydrogens (tertiary/aromatic N) is 1. The van der Waals surface area contributed by atoms with Gasteiger partial charge in [0.25, 0.3) is 0 Å². The fourth-order valence-corrected chi connectivity index (χ4v) is 5.14. The van der Waals surface area contributed by atoms with Gasteiger partial charge in [-0.15, -0.1) is 0 Å². The van der Waals surface area contributed by atoms with Crippen molar-refractivity contribution >= 4 is 38.0 Å². The third-order valence-electron chi connectivity index (χ3n) is 7.53. The Balaban J connectivity index is 0.00000111. The van der Waals surface area contributed by atoms with E-state index in [4.69, 9.17) is 0 Å². The van der Waals surface area contributed by atoms with E-state index in [-0.39, 0.29) is 0 Å². The number of allylic oxidation sites excluding steroid dienone is 5. The van der Waals surface area contributed by atoms with Gasteiger partial charge in [-0.05, 0) is 94.4 Å². The first-order valence-electron chi connectivity index (χ1n) is 14.8. The van der Waals surface area contributed by atoms with Crippen LogP contribution in [0.3, 0.4) is 0 Å². The number of fused-ring (bicyclic) bond motifs is 4. The lowest BCUT2D eigenvalue weighted by molar-refractivity contribution is 0.596. The minimum absolute atomic E-state index is 0.955. The molecule has 0 fully saturated rings. The van der Waals surface area contributed by atoms with Crippen molar-refractivity contribution in [1.82, 2.24) is 4.90 Å². The molecular weight excluding hydrogens is 494 g/mol. The Morgan fingerprint density at radius 3 is 1.90 bits per heavy atom. The Hall–Kier alpha value is -4.36. The molecule has 0 aliphatic heterocycles. The zero-order valence-corrected chi connectivity index (χ0v) is 26.2. The largest absolute Gasteiger partial charge is 0.319 e. The maximum absolute atomic E-state index is 4.46. The van der Waals surface area contributed by atoms with Crippen LogP contribution >= 0.6 is 0 Å². The van der Waals surface area contributed by atoms with Gasteiger partial charge in [-0.2, -0.15) is 0 Å². The lowest BCUT2D eigenvalue weighted by atomic mass is 9.93. The normalized spacial score (nSPS) is 11.7. The van der Waals surface area contributed by atoms with Gasteiger partial charge >= 0.3 is 0 Å². The maximum atomic E-state index is 4.46. The molecule has 5 aromatic carbocycles. The van der Waals surface area contributed by atoms with Crippen LogP contribution in [0, 0.1) is 0 Å². The molecule has 41 heavy (non-hydrogen) atoms. The van der Waals surface area contributed by atoms with Gasteiger partial charge in [0, 0.05) is 17.1 Å². The first kappa shape index (κ1) is 31.2. The van der Waals surface area contributed by atoms with Crippen molar-refractivity contribution < 1.29 is 0 Å². The van der Waals surface area contributed by atoms with Gasteiger partial charge in [-0.25, -0.2) is 0 Å². The molecule has 0 spiro atoms. The zero-order chi connectivity index (χ0) is 30.1. The Kier molecular flexibility index (Phi) is 10.9. The number of hydrogen-bond donors (Lipinski definition) is 0. The van der Waals surface area contributed by atoms with Crippen molar-refractivity contribution in [3.05, 3.63) is 139 Å². The molecule has 1 nitrogen and oxygen atoms in total. The summed E-state index contributed by atoms with van der Waals surface area (Å²) in [7, 11) is 0. The summed E-state index contributed by atoms with van der Waals surface area (Å²) in [5.74, 6) is 0. The maximum Gasteiger partial charge on any atom is 0.0455 e. The topological polar surface area (TPSA) is 3.24 Å². The first-order valence-corrected chi connectivity index (χ1v) is 14.8. The van der Waals surface area contributed by atoms with Crippen molar-refractivity contribution in [3.8, 4) is 11.1 Å². The van der Waals surface area contributed by atoms with Crippen molar-refractivity contribution in [3.63, 3.8) is 0 Å². The predicted molar refractivity (Wildman–Crippen MR) is 186 cm³/mol. The minimum Gasteiger partial charge on any atom is -0.319 e. The molecule has 0 unspecified atom stereocenters. The Labute approximate surface area is 247 Å². The van der Waals surface area contributed by atoms with Crippen molar-refractivity contribution in [2.75, 3.05) is 0 Å². The molecular formula is C40H45N. The van der Waals surface area contributed by atoms with Gasteiger partial charge in [-0.1, -0.05) is 132 Å². The second-order valence-electron chi connectivity index (χ2n) is 9.65. The van der Waals surface area contributed by atoms with Gasteiger partial charge in [0.2, 0.25) is 0 Å². The summed E-state index contributed by atoms with van der Waals surface area (Å²) in [6.45, 7) is 24.8. The van der Waals surface area contributed by atoms with Crippen LogP contribution in [0.5, 0.6) is 0 Å². The van der Waals surface area contributed by atoms with Gasteiger partial charge in [0.05, 0.1) is 0 Å². The van der Waals surface area contributed by atoms with Crippen LogP contribution in [0.25, 0.3) is 49.1 Å². The van der Waals surface area contributed by atoms with Crippen LogP contribution in [0.15, 0.2) is 133 Å². The Bertz CT molecular complexity index is 1730. The zero-order valence-electron chi connectivity index (χ0n) is 26.2. The van der Waals surface area contributed by atoms with Gasteiger partial charge < -0.3 is 4.90 Å². The average Bonchev–Trinajstić information content (AvgIpc) is 3.04. The van der Waals surface area contributed by atoms with Gasteiger partial charge in [0.1, 0.15) is 0 Å². The monoisotopic (exact) mass is 539 g/mol. The number of benzene rings is 5. The van der Waals surface area contributed by atoms with E-state index in [1.165, 1.54) is 43.4 Å². The number of rotatable bonds is 6. The van der Waals surface area contributed by atoms with E-state index in [0.717, 1.165) is 28.2 Å². The highest BCUT2D eigenvalue weighted by Gasteiger charge is 2.15. The van der Waals surface area contributed by atoms with Gasteiger partial charge in [0.15, 0.2) is 0 Å². The molecule has 0 radical (unpaired) electrons. The summed E-state index contributed by atoms with van der Waals surface area (Å²) in [4.78, 5) is 2.21. The molecule has 5 aromatic rings. The molecule has 0 saturated heterocycles. The fourth-order valence-electron chi connectivity index (χ4n) is 5.14. The summed E-state index contributed by atoms with van der Waals surface area (Å²) < 4.78 is 0. The quantitative estimate of drug-likeness (QED) is 0.118. The summed E-state index contributed by atoms with van der Waals surface area (Å²) >= 11 is 0. The van der Waals surface area contributed by atoms with E-state index < -0.39 is 0 Å². The lowest BCUT2D eigenvalue weighted by Crippen LogP contribution is -2.18. The van der Waals surface area contributed by atoms with Crippen LogP contribution in [0.4, 0.5) is 0 Å². The second-order valence-corrected chi connectivity index (χ2v) is 9.65. The number of hydrogen-bond acceptors (Lipinski definition) is 1. The molecule has 0 saturated carbocycles. The van der Waals surface area contributed by atoms with E-state index in [9.17, 15) is 0 Å². The van der Waals surface area contributed by atoms with E-state index >= 15 is 0 Å². The van der Waals surface area contributed by atoms with Crippen LogP contribution in [0.1, 0.15) is 61.0 Å². The molecule has 0 atom stereocenters. The predicted octanol–water partition coefficient (Wildman–Crippen LogP) is 12.5. The van der Waals surface area contributed by atoms with Crippen LogP contribution in [-0.2, 0) is 0 Å². The van der Waals surface area contributed by atoms with E-state index in [0.29, 0.717) is 0 Å². The molecule has 0 heterocycles.